The number of pyridine rings is 1. The Bertz CT molecular complexity index is 936. The van der Waals surface area contributed by atoms with E-state index >= 15 is 0 Å². The maximum absolute atomic E-state index is 12.4. The number of carbonyl (C=O) groups excluding carboxylic acids is 1. The molecule has 1 aromatic carbocycles. The molecule has 3 aromatic rings. The quantitative estimate of drug-likeness (QED) is 0.804. The lowest BCUT2D eigenvalue weighted by atomic mass is 10.1. The maximum atomic E-state index is 12.4. The van der Waals surface area contributed by atoms with Crippen LogP contribution in [0.25, 0.3) is 5.65 Å². The highest BCUT2D eigenvalue weighted by atomic mass is 35.5. The molecule has 0 radical (unpaired) electrons. The third-order valence-corrected chi connectivity index (χ3v) is 3.92. The third kappa shape index (κ3) is 2.96. The van der Waals surface area contributed by atoms with Gasteiger partial charge in [0.1, 0.15) is 11.2 Å². The van der Waals surface area contributed by atoms with Gasteiger partial charge in [0.2, 0.25) is 0 Å². The lowest BCUT2D eigenvalue weighted by Gasteiger charge is -2.15. The number of hydrogen-bond acceptors (Lipinski definition) is 3. The minimum Gasteiger partial charge on any atom is -0.345 e. The Kier molecular flexibility index (Phi) is 4.12. The van der Waals surface area contributed by atoms with E-state index in [-0.39, 0.29) is 11.6 Å². The van der Waals surface area contributed by atoms with Gasteiger partial charge in [-0.2, -0.15) is 0 Å². The topological polar surface area (TPSA) is 63.5 Å². The van der Waals surface area contributed by atoms with Crippen LogP contribution in [0, 0.1) is 0 Å². The molecule has 2 aromatic heterocycles. The van der Waals surface area contributed by atoms with Gasteiger partial charge in [0.25, 0.3) is 11.5 Å². The van der Waals surface area contributed by atoms with E-state index in [0.29, 0.717) is 10.7 Å². The number of fused-ring (bicyclic) bond motifs is 1. The number of nitrogens with one attached hydrogen (secondary N) is 1. The standard InChI is InChI=1S/C17H14ClN3O2/c1-11(12-6-2-3-7-14(12)18)20-16(22)13-10-19-15-8-4-5-9-21(15)17(13)23/h2-11H,1H3,(H,20,22). The number of carbonyl (C=O) groups is 1. The number of rotatable bonds is 3. The SMILES string of the molecule is CC(NC(=O)c1cnc2ccccn2c1=O)c1ccccc1Cl. The van der Waals surface area contributed by atoms with Gasteiger partial charge in [-0.3, -0.25) is 14.0 Å². The predicted octanol–water partition coefficient (Wildman–Crippen LogP) is 2.84. The van der Waals surface area contributed by atoms with Crippen LogP contribution in [-0.2, 0) is 0 Å². The largest absolute Gasteiger partial charge is 0.345 e. The van der Waals surface area contributed by atoms with Gasteiger partial charge < -0.3 is 5.32 Å². The summed E-state index contributed by atoms with van der Waals surface area (Å²) in [5, 5.41) is 3.35. The van der Waals surface area contributed by atoms with E-state index in [1.807, 2.05) is 25.1 Å². The van der Waals surface area contributed by atoms with Crippen LogP contribution in [0.1, 0.15) is 28.9 Å². The van der Waals surface area contributed by atoms with Crippen molar-refractivity contribution in [3.63, 3.8) is 0 Å². The number of hydrogen-bond donors (Lipinski definition) is 1. The van der Waals surface area contributed by atoms with Crippen LogP contribution in [0.3, 0.4) is 0 Å². The first-order valence-corrected chi connectivity index (χ1v) is 7.47. The van der Waals surface area contributed by atoms with E-state index < -0.39 is 11.5 Å². The van der Waals surface area contributed by atoms with E-state index in [1.165, 1.54) is 10.6 Å². The molecule has 1 amide bonds. The zero-order chi connectivity index (χ0) is 16.4. The Morgan fingerprint density at radius 3 is 2.74 bits per heavy atom. The third-order valence-electron chi connectivity index (χ3n) is 3.58. The van der Waals surface area contributed by atoms with Gasteiger partial charge in [-0.25, -0.2) is 4.98 Å². The molecule has 0 fully saturated rings. The molecular weight excluding hydrogens is 314 g/mol. The average molecular weight is 328 g/mol. The summed E-state index contributed by atoms with van der Waals surface area (Å²) in [7, 11) is 0. The molecule has 0 aliphatic heterocycles. The van der Waals surface area contributed by atoms with Crippen molar-refractivity contribution in [1.29, 1.82) is 0 Å². The van der Waals surface area contributed by atoms with Crippen molar-refractivity contribution in [2.75, 3.05) is 0 Å². The average Bonchev–Trinajstić information content (AvgIpc) is 2.55. The maximum Gasteiger partial charge on any atom is 0.270 e. The van der Waals surface area contributed by atoms with Crippen molar-refractivity contribution >= 4 is 23.2 Å². The van der Waals surface area contributed by atoms with Crippen LogP contribution in [0.4, 0.5) is 0 Å². The second-order valence-corrected chi connectivity index (χ2v) is 5.53. The molecule has 1 unspecified atom stereocenters. The van der Waals surface area contributed by atoms with Crippen LogP contribution in [-0.4, -0.2) is 15.3 Å². The zero-order valence-corrected chi connectivity index (χ0v) is 13.1. The second-order valence-electron chi connectivity index (χ2n) is 5.12. The Morgan fingerprint density at radius 1 is 1.22 bits per heavy atom. The monoisotopic (exact) mass is 327 g/mol. The molecule has 2 heterocycles. The highest BCUT2D eigenvalue weighted by molar-refractivity contribution is 6.31. The lowest BCUT2D eigenvalue weighted by Crippen LogP contribution is -2.33. The Labute approximate surface area is 137 Å². The summed E-state index contributed by atoms with van der Waals surface area (Å²) >= 11 is 6.13. The van der Waals surface area contributed by atoms with Crippen molar-refractivity contribution in [2.24, 2.45) is 0 Å². The first-order valence-electron chi connectivity index (χ1n) is 7.09. The van der Waals surface area contributed by atoms with Gasteiger partial charge in [-0.1, -0.05) is 35.9 Å². The van der Waals surface area contributed by atoms with Crippen molar-refractivity contribution in [3.05, 3.63) is 81.4 Å². The first-order chi connectivity index (χ1) is 11.1. The van der Waals surface area contributed by atoms with E-state index in [9.17, 15) is 9.59 Å². The van der Waals surface area contributed by atoms with Gasteiger partial charge in [0.15, 0.2) is 0 Å². The molecule has 1 N–H and O–H groups in total. The summed E-state index contributed by atoms with van der Waals surface area (Å²) < 4.78 is 1.34. The van der Waals surface area contributed by atoms with E-state index in [0.717, 1.165) is 5.56 Å². The Morgan fingerprint density at radius 2 is 1.96 bits per heavy atom. The number of aromatic nitrogens is 2. The molecule has 0 spiro atoms. The van der Waals surface area contributed by atoms with Crippen molar-refractivity contribution in [1.82, 2.24) is 14.7 Å². The lowest BCUT2D eigenvalue weighted by molar-refractivity contribution is 0.0938. The fourth-order valence-electron chi connectivity index (χ4n) is 2.36. The number of nitrogens with zero attached hydrogens (tertiary/aromatic N) is 2. The van der Waals surface area contributed by atoms with E-state index in [1.54, 1.807) is 30.5 Å². The van der Waals surface area contributed by atoms with Gasteiger partial charge >= 0.3 is 0 Å². The van der Waals surface area contributed by atoms with Gasteiger partial charge in [0.05, 0.1) is 6.04 Å². The van der Waals surface area contributed by atoms with Crippen LogP contribution in [0.2, 0.25) is 5.02 Å². The van der Waals surface area contributed by atoms with Crippen LogP contribution in [0.15, 0.2) is 59.7 Å². The van der Waals surface area contributed by atoms with Gasteiger partial charge in [-0.05, 0) is 30.7 Å². The molecule has 23 heavy (non-hydrogen) atoms. The highest BCUT2D eigenvalue weighted by Crippen LogP contribution is 2.22. The summed E-state index contributed by atoms with van der Waals surface area (Å²) in [4.78, 5) is 28.9. The highest BCUT2D eigenvalue weighted by Gasteiger charge is 2.17. The first kappa shape index (κ1) is 15.2. The molecule has 1 atom stereocenters. The molecule has 0 saturated heterocycles. The van der Waals surface area contributed by atoms with Crippen molar-refractivity contribution in [2.45, 2.75) is 13.0 Å². The van der Waals surface area contributed by atoms with E-state index in [2.05, 4.69) is 10.3 Å². The minimum absolute atomic E-state index is 0.00685. The molecule has 0 bridgehead atoms. The van der Waals surface area contributed by atoms with E-state index in [4.69, 9.17) is 11.6 Å². The molecule has 3 rings (SSSR count). The Balaban J connectivity index is 1.91. The molecule has 0 aliphatic rings. The minimum atomic E-state index is -0.479. The van der Waals surface area contributed by atoms with Crippen LogP contribution in [0.5, 0.6) is 0 Å². The summed E-state index contributed by atoms with van der Waals surface area (Å²) in [6, 6.07) is 12.1. The smallest absolute Gasteiger partial charge is 0.270 e. The molecule has 0 aliphatic carbocycles. The fourth-order valence-corrected chi connectivity index (χ4v) is 2.66. The molecular formula is C17H14ClN3O2. The molecule has 116 valence electrons. The molecule has 5 nitrogen and oxygen atoms in total. The summed E-state index contributed by atoms with van der Waals surface area (Å²) in [5.41, 5.74) is 0.872. The van der Waals surface area contributed by atoms with Crippen LogP contribution < -0.4 is 10.9 Å². The Hall–Kier alpha value is -2.66. The zero-order valence-electron chi connectivity index (χ0n) is 12.4. The summed E-state index contributed by atoms with van der Waals surface area (Å²) in [6.07, 6.45) is 2.88. The van der Waals surface area contributed by atoms with Gasteiger partial charge in [-0.15, -0.1) is 0 Å². The number of amides is 1. The predicted molar refractivity (Wildman–Crippen MR) is 88.8 cm³/mol. The summed E-state index contributed by atoms with van der Waals surface area (Å²) in [5.74, 6) is -0.479. The van der Waals surface area contributed by atoms with Crippen molar-refractivity contribution < 1.29 is 4.79 Å². The van der Waals surface area contributed by atoms with Gasteiger partial charge in [0, 0.05) is 17.4 Å². The van der Waals surface area contributed by atoms with Crippen molar-refractivity contribution in [3.8, 4) is 0 Å². The van der Waals surface area contributed by atoms with Crippen LogP contribution >= 0.6 is 11.6 Å². The molecule has 0 saturated carbocycles. The second kappa shape index (κ2) is 6.22. The number of halogens is 1. The molecule has 6 heteroatoms. The summed E-state index contributed by atoms with van der Waals surface area (Å²) in [6.45, 7) is 1.81. The number of benzene rings is 1. The normalized spacial score (nSPS) is 12.1. The fraction of sp³-hybridized carbons (Fsp3) is 0.118.